The fourth-order valence-corrected chi connectivity index (χ4v) is 6.81. The molecule has 0 radical (unpaired) electrons. The fourth-order valence-electron chi connectivity index (χ4n) is 6.81. The molecule has 1 aliphatic heterocycles. The predicted molar refractivity (Wildman–Crippen MR) is 110 cm³/mol. The molecule has 4 bridgehead atoms. The molecule has 0 aromatic carbocycles. The summed E-state index contributed by atoms with van der Waals surface area (Å²) in [6.07, 6.45) is 8.90. The number of amides is 4. The molecule has 3 N–H and O–H groups in total. The van der Waals surface area contributed by atoms with E-state index in [2.05, 4.69) is 16.0 Å². The van der Waals surface area contributed by atoms with Crippen LogP contribution in [0.25, 0.3) is 0 Å². The molecule has 5 rings (SSSR count). The monoisotopic (exact) mass is 404 g/mol. The molecule has 1 heterocycles. The summed E-state index contributed by atoms with van der Waals surface area (Å²) >= 11 is 0. The first-order valence-electron chi connectivity index (χ1n) is 11.5. The van der Waals surface area contributed by atoms with Crippen LogP contribution in [0.15, 0.2) is 0 Å². The minimum Gasteiger partial charge on any atom is -0.356 e. The SMILES string of the molecule is CCNC(=O)C1CCCN(C(C)C(=O)NC(=O)NC23CC4CC(CC(C4)C2)C3)C1. The van der Waals surface area contributed by atoms with E-state index in [9.17, 15) is 14.4 Å². The second-order valence-electron chi connectivity index (χ2n) is 10.0. The van der Waals surface area contributed by atoms with E-state index < -0.39 is 6.04 Å². The largest absolute Gasteiger partial charge is 0.356 e. The fraction of sp³-hybridized carbons (Fsp3) is 0.864. The van der Waals surface area contributed by atoms with Gasteiger partial charge in [-0.25, -0.2) is 4.79 Å². The van der Waals surface area contributed by atoms with Crippen molar-refractivity contribution in [2.45, 2.75) is 76.8 Å². The number of nitrogens with one attached hydrogen (secondary N) is 3. The van der Waals surface area contributed by atoms with Gasteiger partial charge in [0.15, 0.2) is 0 Å². The third-order valence-electron chi connectivity index (χ3n) is 7.76. The lowest BCUT2D eigenvalue weighted by Crippen LogP contribution is -2.62. The lowest BCUT2D eigenvalue weighted by Gasteiger charge is -2.56. The van der Waals surface area contributed by atoms with Crippen molar-refractivity contribution >= 4 is 17.8 Å². The van der Waals surface area contributed by atoms with Gasteiger partial charge >= 0.3 is 6.03 Å². The van der Waals surface area contributed by atoms with Gasteiger partial charge in [-0.3, -0.25) is 19.8 Å². The highest BCUT2D eigenvalue weighted by Gasteiger charge is 2.51. The number of urea groups is 1. The van der Waals surface area contributed by atoms with Crippen LogP contribution in [0.3, 0.4) is 0 Å². The highest BCUT2D eigenvalue weighted by molar-refractivity contribution is 5.97. The van der Waals surface area contributed by atoms with E-state index in [0.717, 1.165) is 56.4 Å². The second-order valence-corrected chi connectivity index (χ2v) is 10.0. The summed E-state index contributed by atoms with van der Waals surface area (Å²) in [5.74, 6) is 1.94. The minimum atomic E-state index is -0.422. The van der Waals surface area contributed by atoms with Crippen LogP contribution in [0.5, 0.6) is 0 Å². The molecule has 7 heteroatoms. The average molecular weight is 405 g/mol. The van der Waals surface area contributed by atoms with E-state index in [4.69, 9.17) is 0 Å². The first-order valence-corrected chi connectivity index (χ1v) is 11.5. The van der Waals surface area contributed by atoms with Crippen LogP contribution in [0, 0.1) is 23.7 Å². The summed E-state index contributed by atoms with van der Waals surface area (Å²) in [5, 5.41) is 8.67. The normalized spacial score (nSPS) is 37.0. The lowest BCUT2D eigenvalue weighted by atomic mass is 9.53. The number of hydrogen-bond donors (Lipinski definition) is 3. The van der Waals surface area contributed by atoms with Gasteiger partial charge in [0, 0.05) is 18.6 Å². The summed E-state index contributed by atoms with van der Waals surface area (Å²) in [7, 11) is 0. The zero-order chi connectivity index (χ0) is 20.6. The molecule has 5 fully saturated rings. The van der Waals surface area contributed by atoms with Gasteiger partial charge in [-0.15, -0.1) is 0 Å². The van der Waals surface area contributed by atoms with Crippen LogP contribution in [0.2, 0.25) is 0 Å². The first-order chi connectivity index (χ1) is 13.9. The molecule has 0 spiro atoms. The molecule has 4 aliphatic carbocycles. The Balaban J connectivity index is 1.29. The van der Waals surface area contributed by atoms with Gasteiger partial charge in [-0.1, -0.05) is 0 Å². The van der Waals surface area contributed by atoms with Crippen molar-refractivity contribution in [1.29, 1.82) is 0 Å². The van der Waals surface area contributed by atoms with Gasteiger partial charge in [-0.05, 0) is 89.5 Å². The topological polar surface area (TPSA) is 90.5 Å². The van der Waals surface area contributed by atoms with Gasteiger partial charge in [-0.2, -0.15) is 0 Å². The van der Waals surface area contributed by atoms with Gasteiger partial charge in [0.05, 0.1) is 12.0 Å². The molecule has 7 nitrogen and oxygen atoms in total. The van der Waals surface area contributed by atoms with Crippen LogP contribution < -0.4 is 16.0 Å². The Hall–Kier alpha value is -1.63. The summed E-state index contributed by atoms with van der Waals surface area (Å²) in [4.78, 5) is 39.6. The molecule has 162 valence electrons. The summed E-state index contributed by atoms with van der Waals surface area (Å²) in [6, 6.07) is -0.768. The number of hydrogen-bond acceptors (Lipinski definition) is 4. The minimum absolute atomic E-state index is 0.0596. The molecule has 5 aliphatic rings. The third kappa shape index (κ3) is 4.44. The van der Waals surface area contributed by atoms with Crippen molar-refractivity contribution in [2.75, 3.05) is 19.6 Å². The smallest absolute Gasteiger partial charge is 0.321 e. The van der Waals surface area contributed by atoms with Crippen LogP contribution in [-0.2, 0) is 9.59 Å². The van der Waals surface area contributed by atoms with Gasteiger partial charge < -0.3 is 10.6 Å². The highest BCUT2D eigenvalue weighted by Crippen LogP contribution is 2.55. The van der Waals surface area contributed by atoms with E-state index in [0.29, 0.717) is 13.1 Å². The summed E-state index contributed by atoms with van der Waals surface area (Å²) in [6.45, 7) is 5.71. The Bertz CT molecular complexity index is 629. The molecule has 4 saturated carbocycles. The molecule has 0 aromatic heterocycles. The van der Waals surface area contributed by atoms with Gasteiger partial charge in [0.25, 0.3) is 0 Å². The molecule has 4 amide bonds. The molecule has 29 heavy (non-hydrogen) atoms. The van der Waals surface area contributed by atoms with Crippen molar-refractivity contribution in [3.05, 3.63) is 0 Å². The van der Waals surface area contributed by atoms with E-state index in [-0.39, 0.29) is 29.3 Å². The van der Waals surface area contributed by atoms with Crippen LogP contribution in [0.4, 0.5) is 4.79 Å². The number of carbonyl (C=O) groups excluding carboxylic acids is 3. The average Bonchev–Trinajstić information content (AvgIpc) is 2.66. The molecule has 2 unspecified atom stereocenters. The van der Waals surface area contributed by atoms with Crippen molar-refractivity contribution < 1.29 is 14.4 Å². The Morgan fingerprint density at radius 3 is 2.28 bits per heavy atom. The van der Waals surface area contributed by atoms with Gasteiger partial charge in [0.1, 0.15) is 0 Å². The van der Waals surface area contributed by atoms with Crippen LogP contribution >= 0.6 is 0 Å². The molecule has 1 saturated heterocycles. The number of rotatable bonds is 5. The Morgan fingerprint density at radius 2 is 1.69 bits per heavy atom. The van der Waals surface area contributed by atoms with Crippen molar-refractivity contribution in [3.63, 3.8) is 0 Å². The predicted octanol–water partition coefficient (Wildman–Crippen LogP) is 2.02. The second kappa shape index (κ2) is 8.25. The number of nitrogens with zero attached hydrogens (tertiary/aromatic N) is 1. The molecule has 2 atom stereocenters. The lowest BCUT2D eigenvalue weighted by molar-refractivity contribution is -0.130. The Kier molecular flexibility index (Phi) is 5.87. The highest BCUT2D eigenvalue weighted by atomic mass is 16.2. The summed E-state index contributed by atoms with van der Waals surface area (Å²) < 4.78 is 0. The standard InChI is InChI=1S/C22H36N4O3/c1-3-23-20(28)18-5-4-6-26(13-18)14(2)19(27)24-21(29)25-22-10-15-7-16(11-22)9-17(8-15)12-22/h14-18H,3-13H2,1-2H3,(H,23,28)(H2,24,25,27,29). The summed E-state index contributed by atoms with van der Waals surface area (Å²) in [5.41, 5.74) is -0.100. The number of likely N-dealkylation sites (tertiary alicyclic amines) is 1. The van der Waals surface area contributed by atoms with Gasteiger partial charge in [0.2, 0.25) is 11.8 Å². The number of imide groups is 1. The maximum atomic E-state index is 12.7. The van der Waals surface area contributed by atoms with Crippen molar-refractivity contribution in [2.24, 2.45) is 23.7 Å². The first kappa shape index (κ1) is 20.6. The Morgan fingerprint density at radius 1 is 1.07 bits per heavy atom. The van der Waals surface area contributed by atoms with Crippen molar-refractivity contribution in [3.8, 4) is 0 Å². The van der Waals surface area contributed by atoms with E-state index in [1.54, 1.807) is 0 Å². The molecular weight excluding hydrogens is 368 g/mol. The Labute approximate surface area is 173 Å². The van der Waals surface area contributed by atoms with Crippen LogP contribution in [0.1, 0.15) is 65.2 Å². The maximum absolute atomic E-state index is 12.7. The van der Waals surface area contributed by atoms with E-state index in [1.807, 2.05) is 18.7 Å². The third-order valence-corrected chi connectivity index (χ3v) is 7.76. The van der Waals surface area contributed by atoms with E-state index in [1.165, 1.54) is 19.3 Å². The molecule has 0 aromatic rings. The maximum Gasteiger partial charge on any atom is 0.321 e. The quantitative estimate of drug-likeness (QED) is 0.654. The number of carbonyl (C=O) groups is 3. The zero-order valence-corrected chi connectivity index (χ0v) is 17.8. The number of piperidine rings is 1. The zero-order valence-electron chi connectivity index (χ0n) is 17.8. The van der Waals surface area contributed by atoms with E-state index >= 15 is 0 Å². The molecular formula is C22H36N4O3. The van der Waals surface area contributed by atoms with Crippen molar-refractivity contribution in [1.82, 2.24) is 20.9 Å². The van der Waals surface area contributed by atoms with Crippen LogP contribution in [-0.4, -0.2) is 54.0 Å².